The molecule has 0 radical (unpaired) electrons. The summed E-state index contributed by atoms with van der Waals surface area (Å²) in [7, 11) is 0. The van der Waals surface area contributed by atoms with Gasteiger partial charge in [0.15, 0.2) is 5.65 Å². The predicted molar refractivity (Wildman–Crippen MR) is 102 cm³/mol. The van der Waals surface area contributed by atoms with E-state index in [-0.39, 0.29) is 0 Å². The summed E-state index contributed by atoms with van der Waals surface area (Å²) >= 11 is 1.37. The Hall–Kier alpha value is -2.87. The van der Waals surface area contributed by atoms with E-state index >= 15 is 0 Å². The number of fused-ring (bicyclic) bond motifs is 1. The van der Waals surface area contributed by atoms with Gasteiger partial charge in [-0.1, -0.05) is 48.5 Å². The van der Waals surface area contributed by atoms with Crippen LogP contribution in [-0.2, 0) is 18.5 Å². The van der Waals surface area contributed by atoms with Gasteiger partial charge >= 0.3 is 6.18 Å². The largest absolute Gasteiger partial charge is 0.416 e. The van der Waals surface area contributed by atoms with Crippen molar-refractivity contribution in [3.05, 3.63) is 83.8 Å². The van der Waals surface area contributed by atoms with Gasteiger partial charge in [-0.05, 0) is 17.2 Å². The number of rotatable bonds is 5. The first-order valence-corrected chi connectivity index (χ1v) is 9.48. The molecule has 4 nitrogen and oxygen atoms in total. The fourth-order valence-corrected chi connectivity index (χ4v) is 3.75. The van der Waals surface area contributed by atoms with Crippen molar-refractivity contribution in [3.8, 4) is 0 Å². The molecule has 0 saturated carbocycles. The molecule has 8 heteroatoms. The molecule has 0 spiro atoms. The summed E-state index contributed by atoms with van der Waals surface area (Å²) in [6, 6.07) is 15.3. The van der Waals surface area contributed by atoms with Gasteiger partial charge in [0, 0.05) is 5.75 Å². The Morgan fingerprint density at radius 2 is 1.71 bits per heavy atom. The Bertz CT molecular complexity index is 1090. The van der Waals surface area contributed by atoms with Gasteiger partial charge in [-0.25, -0.2) is 14.6 Å². The van der Waals surface area contributed by atoms with Gasteiger partial charge in [0.05, 0.1) is 23.7 Å². The van der Waals surface area contributed by atoms with Crippen LogP contribution in [0.4, 0.5) is 13.2 Å². The molecular formula is C20H15F3N4S. The Labute approximate surface area is 163 Å². The number of thioether (sulfide) groups is 1. The Morgan fingerprint density at radius 3 is 2.50 bits per heavy atom. The van der Waals surface area contributed by atoms with E-state index in [0.29, 0.717) is 28.5 Å². The smallest absolute Gasteiger partial charge is 0.243 e. The van der Waals surface area contributed by atoms with E-state index in [9.17, 15) is 13.2 Å². The first kappa shape index (κ1) is 18.5. The van der Waals surface area contributed by atoms with Crippen molar-refractivity contribution in [1.29, 1.82) is 0 Å². The molecule has 0 fully saturated rings. The maximum Gasteiger partial charge on any atom is 0.416 e. The molecule has 2 heterocycles. The molecule has 0 atom stereocenters. The number of benzene rings is 2. The van der Waals surface area contributed by atoms with Gasteiger partial charge < -0.3 is 0 Å². The van der Waals surface area contributed by atoms with Crippen LogP contribution in [0.5, 0.6) is 0 Å². The first-order valence-electron chi connectivity index (χ1n) is 8.50. The Balaban J connectivity index is 1.55. The molecule has 0 unspecified atom stereocenters. The summed E-state index contributed by atoms with van der Waals surface area (Å²) in [5.41, 5.74) is 1.74. The standard InChI is InChI=1S/C20H15F3N4S/c21-20(22,23)16-8-4-7-15(9-16)12-28-19-17-10-26-27(18(17)24-13-25-19)11-14-5-2-1-3-6-14/h1-10,13H,11-12H2. The maximum atomic E-state index is 12.9. The van der Waals surface area contributed by atoms with E-state index < -0.39 is 11.7 Å². The second-order valence-electron chi connectivity index (χ2n) is 6.19. The lowest BCUT2D eigenvalue weighted by Gasteiger charge is -2.08. The topological polar surface area (TPSA) is 43.6 Å². The van der Waals surface area contributed by atoms with Crippen LogP contribution in [-0.4, -0.2) is 19.7 Å². The van der Waals surface area contributed by atoms with Gasteiger partial charge in [0.1, 0.15) is 11.4 Å². The minimum Gasteiger partial charge on any atom is -0.243 e. The van der Waals surface area contributed by atoms with Crippen molar-refractivity contribution in [2.45, 2.75) is 23.5 Å². The molecular weight excluding hydrogens is 385 g/mol. The number of hydrogen-bond donors (Lipinski definition) is 0. The third-order valence-electron chi connectivity index (χ3n) is 4.20. The molecule has 0 aliphatic heterocycles. The summed E-state index contributed by atoms with van der Waals surface area (Å²) < 4.78 is 40.4. The maximum absolute atomic E-state index is 12.9. The Morgan fingerprint density at radius 1 is 0.929 bits per heavy atom. The zero-order valence-electron chi connectivity index (χ0n) is 14.6. The minimum atomic E-state index is -4.35. The molecule has 2 aromatic heterocycles. The van der Waals surface area contributed by atoms with Crippen LogP contribution in [0.1, 0.15) is 16.7 Å². The van der Waals surface area contributed by atoms with E-state index in [0.717, 1.165) is 17.0 Å². The zero-order chi connectivity index (χ0) is 19.6. The van der Waals surface area contributed by atoms with Crippen LogP contribution < -0.4 is 0 Å². The van der Waals surface area contributed by atoms with E-state index in [2.05, 4.69) is 15.1 Å². The van der Waals surface area contributed by atoms with Crippen LogP contribution in [0.3, 0.4) is 0 Å². The number of aromatic nitrogens is 4. The molecule has 4 aromatic rings. The molecule has 0 bridgehead atoms. The highest BCUT2D eigenvalue weighted by atomic mass is 32.2. The normalized spacial score (nSPS) is 11.8. The average Bonchev–Trinajstić information content (AvgIpc) is 3.10. The number of hydrogen-bond acceptors (Lipinski definition) is 4. The van der Waals surface area contributed by atoms with Gasteiger partial charge in [0.2, 0.25) is 0 Å². The van der Waals surface area contributed by atoms with Gasteiger partial charge in [-0.2, -0.15) is 18.3 Å². The third kappa shape index (κ3) is 4.01. The lowest BCUT2D eigenvalue weighted by atomic mass is 10.1. The molecule has 0 saturated heterocycles. The van der Waals surface area contributed by atoms with Gasteiger partial charge in [0.25, 0.3) is 0 Å². The predicted octanol–water partition coefficient (Wildman–Crippen LogP) is 5.19. The van der Waals surface area contributed by atoms with Crippen LogP contribution in [0.2, 0.25) is 0 Å². The molecule has 0 aliphatic carbocycles. The molecule has 0 aliphatic rings. The van der Waals surface area contributed by atoms with E-state index in [1.165, 1.54) is 30.2 Å². The van der Waals surface area contributed by atoms with E-state index in [1.54, 1.807) is 16.9 Å². The summed E-state index contributed by atoms with van der Waals surface area (Å²) in [6.07, 6.45) is -1.19. The molecule has 0 amide bonds. The fraction of sp³-hybridized carbons (Fsp3) is 0.150. The zero-order valence-corrected chi connectivity index (χ0v) is 15.4. The number of alkyl halides is 3. The van der Waals surface area contributed by atoms with Gasteiger partial charge in [-0.15, -0.1) is 11.8 Å². The Kier molecular flexibility index (Phi) is 5.04. The van der Waals surface area contributed by atoms with Crippen LogP contribution in [0, 0.1) is 0 Å². The molecule has 0 N–H and O–H groups in total. The number of halogens is 3. The highest BCUT2D eigenvalue weighted by Gasteiger charge is 2.30. The SMILES string of the molecule is FC(F)(F)c1cccc(CSc2ncnc3c2cnn3Cc2ccccc2)c1. The van der Waals surface area contributed by atoms with Crippen LogP contribution >= 0.6 is 11.8 Å². The highest BCUT2D eigenvalue weighted by molar-refractivity contribution is 7.98. The molecule has 2 aromatic carbocycles. The quantitative estimate of drug-likeness (QED) is 0.342. The molecule has 28 heavy (non-hydrogen) atoms. The van der Waals surface area contributed by atoms with Crippen molar-refractivity contribution in [3.63, 3.8) is 0 Å². The van der Waals surface area contributed by atoms with Crippen molar-refractivity contribution in [1.82, 2.24) is 19.7 Å². The second kappa shape index (κ2) is 7.63. The third-order valence-corrected chi connectivity index (χ3v) is 5.28. The van der Waals surface area contributed by atoms with E-state index in [1.807, 2.05) is 30.3 Å². The minimum absolute atomic E-state index is 0.375. The monoisotopic (exact) mass is 400 g/mol. The summed E-state index contributed by atoms with van der Waals surface area (Å²) in [5.74, 6) is 0.375. The summed E-state index contributed by atoms with van der Waals surface area (Å²) in [4.78, 5) is 8.62. The lowest BCUT2D eigenvalue weighted by Crippen LogP contribution is -2.05. The molecule has 4 rings (SSSR count). The average molecular weight is 400 g/mol. The summed E-state index contributed by atoms with van der Waals surface area (Å²) in [5, 5.41) is 5.89. The van der Waals surface area contributed by atoms with Crippen LogP contribution in [0.25, 0.3) is 11.0 Å². The molecule has 142 valence electrons. The van der Waals surface area contributed by atoms with Crippen molar-refractivity contribution < 1.29 is 13.2 Å². The highest BCUT2D eigenvalue weighted by Crippen LogP contribution is 2.32. The van der Waals surface area contributed by atoms with Crippen molar-refractivity contribution in [2.75, 3.05) is 0 Å². The fourth-order valence-electron chi connectivity index (χ4n) is 2.85. The van der Waals surface area contributed by atoms with Crippen molar-refractivity contribution in [2.24, 2.45) is 0 Å². The summed E-state index contributed by atoms with van der Waals surface area (Å²) in [6.45, 7) is 0.582. The van der Waals surface area contributed by atoms with Gasteiger partial charge in [-0.3, -0.25) is 0 Å². The first-order chi connectivity index (χ1) is 13.5. The van der Waals surface area contributed by atoms with E-state index in [4.69, 9.17) is 0 Å². The van der Waals surface area contributed by atoms with Crippen molar-refractivity contribution >= 4 is 22.8 Å². The number of nitrogens with zero attached hydrogens (tertiary/aromatic N) is 4. The second-order valence-corrected chi connectivity index (χ2v) is 7.15. The lowest BCUT2D eigenvalue weighted by molar-refractivity contribution is -0.137. The van der Waals surface area contributed by atoms with Crippen LogP contribution in [0.15, 0.2) is 72.1 Å².